The van der Waals surface area contributed by atoms with Crippen LogP contribution in [0.1, 0.15) is 26.2 Å². The molecule has 2 aliphatic rings. The zero-order valence-corrected chi connectivity index (χ0v) is 6.31. The third-order valence-corrected chi connectivity index (χ3v) is 3.21. The Hall–Kier alpha value is -0.530. The molecule has 1 unspecified atom stereocenters. The van der Waals surface area contributed by atoms with Gasteiger partial charge < -0.3 is 5.32 Å². The maximum atomic E-state index is 11.3. The molecule has 2 fully saturated rings. The Morgan fingerprint density at radius 3 is 2.50 bits per heavy atom. The topological polar surface area (TPSA) is 29.1 Å². The highest BCUT2D eigenvalue weighted by Gasteiger charge is 2.51. The third kappa shape index (κ3) is 0.522. The van der Waals surface area contributed by atoms with Crippen LogP contribution in [0.15, 0.2) is 0 Å². The van der Waals surface area contributed by atoms with Crippen LogP contribution >= 0.6 is 0 Å². The van der Waals surface area contributed by atoms with Crippen LogP contribution in [0.2, 0.25) is 0 Å². The van der Waals surface area contributed by atoms with Crippen molar-refractivity contribution in [3.63, 3.8) is 0 Å². The van der Waals surface area contributed by atoms with Crippen LogP contribution in [0.3, 0.4) is 0 Å². The van der Waals surface area contributed by atoms with E-state index in [1.54, 1.807) is 0 Å². The summed E-state index contributed by atoms with van der Waals surface area (Å²) >= 11 is 0. The molecule has 2 heteroatoms. The summed E-state index contributed by atoms with van der Waals surface area (Å²) in [6.45, 7) is 3.08. The van der Waals surface area contributed by atoms with Gasteiger partial charge in [-0.2, -0.15) is 0 Å². The van der Waals surface area contributed by atoms with E-state index in [9.17, 15) is 4.79 Å². The van der Waals surface area contributed by atoms with Gasteiger partial charge in [0.2, 0.25) is 5.91 Å². The zero-order valence-electron chi connectivity index (χ0n) is 6.31. The van der Waals surface area contributed by atoms with Crippen LogP contribution in [0.25, 0.3) is 0 Å². The van der Waals surface area contributed by atoms with Crippen molar-refractivity contribution in [2.45, 2.75) is 26.2 Å². The summed E-state index contributed by atoms with van der Waals surface area (Å²) in [5.74, 6) is 0.889. The van der Waals surface area contributed by atoms with Gasteiger partial charge in [-0.25, -0.2) is 0 Å². The molecule has 0 aromatic heterocycles. The van der Waals surface area contributed by atoms with Crippen molar-refractivity contribution in [2.75, 3.05) is 6.54 Å². The highest BCUT2D eigenvalue weighted by atomic mass is 16.2. The summed E-state index contributed by atoms with van der Waals surface area (Å²) in [6.07, 6.45) is 3.50. The van der Waals surface area contributed by atoms with Crippen molar-refractivity contribution >= 4 is 5.91 Å². The van der Waals surface area contributed by atoms with E-state index >= 15 is 0 Å². The standard InChI is InChI=1S/C8H13NO/c1-6-5-9-7(10)8(6)3-2-4-8/h6H,2-5H2,1H3,(H,9,10). The predicted molar refractivity (Wildman–Crippen MR) is 38.5 cm³/mol. The summed E-state index contributed by atoms with van der Waals surface area (Å²) < 4.78 is 0. The maximum absolute atomic E-state index is 11.3. The summed E-state index contributed by atoms with van der Waals surface area (Å²) in [7, 11) is 0. The molecule has 1 saturated carbocycles. The van der Waals surface area contributed by atoms with Crippen molar-refractivity contribution < 1.29 is 4.79 Å². The lowest BCUT2D eigenvalue weighted by Gasteiger charge is -2.38. The molecule has 1 aliphatic heterocycles. The molecule has 1 amide bonds. The largest absolute Gasteiger partial charge is 0.355 e. The average molecular weight is 139 g/mol. The molecule has 2 rings (SSSR count). The monoisotopic (exact) mass is 139 g/mol. The van der Waals surface area contributed by atoms with Gasteiger partial charge in [-0.3, -0.25) is 4.79 Å². The van der Waals surface area contributed by atoms with Crippen molar-refractivity contribution in [1.29, 1.82) is 0 Å². The number of nitrogens with one attached hydrogen (secondary N) is 1. The van der Waals surface area contributed by atoms with E-state index < -0.39 is 0 Å². The van der Waals surface area contributed by atoms with E-state index in [1.807, 2.05) is 0 Å². The molecule has 2 nitrogen and oxygen atoms in total. The van der Waals surface area contributed by atoms with Crippen LogP contribution in [-0.2, 0) is 4.79 Å². The first-order valence-corrected chi connectivity index (χ1v) is 4.04. The number of hydrogen-bond donors (Lipinski definition) is 1. The Kier molecular flexibility index (Phi) is 1.08. The molecule has 1 aliphatic carbocycles. The van der Waals surface area contributed by atoms with Gasteiger partial charge in [0.05, 0.1) is 5.41 Å². The maximum Gasteiger partial charge on any atom is 0.226 e. The number of amides is 1. The van der Waals surface area contributed by atoms with Crippen LogP contribution in [-0.4, -0.2) is 12.5 Å². The number of carbonyl (C=O) groups is 1. The van der Waals surface area contributed by atoms with E-state index in [0.717, 1.165) is 19.4 Å². The van der Waals surface area contributed by atoms with Gasteiger partial charge in [0.25, 0.3) is 0 Å². The lowest BCUT2D eigenvalue weighted by Crippen LogP contribution is -2.40. The first kappa shape index (κ1) is 6.20. The number of carbonyl (C=O) groups excluding carboxylic acids is 1. The van der Waals surface area contributed by atoms with Crippen LogP contribution in [0.4, 0.5) is 0 Å². The fourth-order valence-electron chi connectivity index (χ4n) is 2.12. The van der Waals surface area contributed by atoms with Gasteiger partial charge in [0.1, 0.15) is 0 Å². The number of hydrogen-bond acceptors (Lipinski definition) is 1. The summed E-state index contributed by atoms with van der Waals surface area (Å²) in [4.78, 5) is 11.3. The predicted octanol–water partition coefficient (Wildman–Crippen LogP) is 0.923. The lowest BCUT2D eigenvalue weighted by atomic mass is 9.63. The van der Waals surface area contributed by atoms with Gasteiger partial charge in [-0.05, 0) is 18.8 Å². The molecule has 0 aromatic carbocycles. The minimum absolute atomic E-state index is 0.0833. The SMILES string of the molecule is CC1CNC(=O)C12CCC2. The normalized spacial score (nSPS) is 35.7. The van der Waals surface area contributed by atoms with Crippen molar-refractivity contribution in [3.05, 3.63) is 0 Å². The van der Waals surface area contributed by atoms with E-state index in [2.05, 4.69) is 12.2 Å². The van der Waals surface area contributed by atoms with E-state index in [4.69, 9.17) is 0 Å². The van der Waals surface area contributed by atoms with Gasteiger partial charge in [0.15, 0.2) is 0 Å². The molecule has 0 bridgehead atoms. The van der Waals surface area contributed by atoms with Gasteiger partial charge in [-0.15, -0.1) is 0 Å². The summed E-state index contributed by atoms with van der Waals surface area (Å²) in [5, 5.41) is 2.92. The molecule has 0 radical (unpaired) electrons. The highest BCUT2D eigenvalue weighted by molar-refractivity contribution is 5.86. The third-order valence-electron chi connectivity index (χ3n) is 3.21. The van der Waals surface area contributed by atoms with E-state index in [-0.39, 0.29) is 5.41 Å². The number of rotatable bonds is 0. The Morgan fingerprint density at radius 2 is 2.30 bits per heavy atom. The zero-order chi connectivity index (χ0) is 7.19. The van der Waals surface area contributed by atoms with Crippen LogP contribution < -0.4 is 5.32 Å². The van der Waals surface area contributed by atoms with Crippen LogP contribution in [0.5, 0.6) is 0 Å². The van der Waals surface area contributed by atoms with Gasteiger partial charge in [-0.1, -0.05) is 13.3 Å². The molecule has 10 heavy (non-hydrogen) atoms. The molecule has 1 heterocycles. The first-order valence-electron chi connectivity index (χ1n) is 4.04. The lowest BCUT2D eigenvalue weighted by molar-refractivity contribution is -0.133. The van der Waals surface area contributed by atoms with Crippen molar-refractivity contribution in [3.8, 4) is 0 Å². The van der Waals surface area contributed by atoms with Crippen LogP contribution in [0, 0.1) is 11.3 Å². The fourth-order valence-corrected chi connectivity index (χ4v) is 2.12. The second-order valence-corrected chi connectivity index (χ2v) is 3.62. The van der Waals surface area contributed by atoms with Gasteiger partial charge in [0, 0.05) is 6.54 Å². The van der Waals surface area contributed by atoms with E-state index in [1.165, 1.54) is 6.42 Å². The molecule has 56 valence electrons. The Labute approximate surface area is 61.0 Å². The Bertz CT molecular complexity index is 172. The second kappa shape index (κ2) is 1.74. The smallest absolute Gasteiger partial charge is 0.226 e. The minimum Gasteiger partial charge on any atom is -0.355 e. The van der Waals surface area contributed by atoms with Crippen molar-refractivity contribution in [1.82, 2.24) is 5.32 Å². The van der Waals surface area contributed by atoms with Crippen molar-refractivity contribution in [2.24, 2.45) is 11.3 Å². The highest BCUT2D eigenvalue weighted by Crippen LogP contribution is 2.49. The Morgan fingerprint density at radius 1 is 1.60 bits per heavy atom. The second-order valence-electron chi connectivity index (χ2n) is 3.62. The minimum atomic E-state index is 0.0833. The van der Waals surface area contributed by atoms with Gasteiger partial charge >= 0.3 is 0 Å². The summed E-state index contributed by atoms with van der Waals surface area (Å²) in [6, 6.07) is 0. The quantitative estimate of drug-likeness (QED) is 0.531. The molecular formula is C8H13NO. The van der Waals surface area contributed by atoms with E-state index in [0.29, 0.717) is 11.8 Å². The summed E-state index contributed by atoms with van der Waals surface area (Å²) in [5.41, 5.74) is 0.0833. The molecular weight excluding hydrogens is 126 g/mol. The molecule has 0 aromatic rings. The molecule has 1 spiro atoms. The Balaban J connectivity index is 2.23. The molecule has 1 atom stereocenters. The first-order chi connectivity index (χ1) is 4.76. The fraction of sp³-hybridized carbons (Fsp3) is 0.875. The molecule has 1 N–H and O–H groups in total. The molecule has 1 saturated heterocycles. The average Bonchev–Trinajstić information content (AvgIpc) is 2.06.